The minimum atomic E-state index is -0.987. The number of nitrogens with one attached hydrogen (secondary N) is 3. The zero-order chi connectivity index (χ0) is 29.9. The maximum atomic E-state index is 13.7. The van der Waals surface area contributed by atoms with E-state index in [0.29, 0.717) is 62.3 Å². The summed E-state index contributed by atoms with van der Waals surface area (Å²) in [4.78, 5) is 66.5. The van der Waals surface area contributed by atoms with Crippen LogP contribution in [0.1, 0.15) is 64.4 Å². The van der Waals surface area contributed by atoms with Gasteiger partial charge in [0.25, 0.3) is 0 Å². The van der Waals surface area contributed by atoms with Gasteiger partial charge in [-0.25, -0.2) is 5.06 Å². The first-order valence-corrected chi connectivity index (χ1v) is 14.4. The van der Waals surface area contributed by atoms with Crippen LogP contribution in [-0.4, -0.2) is 89.6 Å². The number of nitrogens with zero attached hydrogens (tertiary/aromatic N) is 2. The normalized spacial score (nSPS) is 24.2. The molecule has 2 fully saturated rings. The fourth-order valence-electron chi connectivity index (χ4n) is 5.29. The van der Waals surface area contributed by atoms with Crippen molar-refractivity contribution in [3.8, 4) is 5.75 Å². The molecule has 12 heteroatoms. The molecule has 0 aliphatic carbocycles. The van der Waals surface area contributed by atoms with E-state index < -0.39 is 36.0 Å². The molecule has 2 saturated heterocycles. The molecule has 2 aliphatic rings. The molecule has 5 atom stereocenters. The summed E-state index contributed by atoms with van der Waals surface area (Å²) >= 11 is 0. The lowest BCUT2D eigenvalue weighted by molar-refractivity contribution is -0.149. The number of fused-ring (bicyclic) bond motifs is 1. The number of benzene rings is 1. The number of methoxy groups -OCH3 is 1. The van der Waals surface area contributed by atoms with Gasteiger partial charge < -0.3 is 25.6 Å². The number of hydrogen-bond donors (Lipinski definition) is 4. The van der Waals surface area contributed by atoms with E-state index in [1.165, 1.54) is 4.90 Å². The van der Waals surface area contributed by atoms with Crippen molar-refractivity contribution in [2.45, 2.75) is 89.4 Å². The number of amides is 5. The largest absolute Gasteiger partial charge is 0.497 e. The van der Waals surface area contributed by atoms with Gasteiger partial charge >= 0.3 is 0 Å². The molecular formula is C29H43N5O7. The van der Waals surface area contributed by atoms with Gasteiger partial charge in [0, 0.05) is 19.5 Å². The molecule has 0 unspecified atom stereocenters. The van der Waals surface area contributed by atoms with E-state index in [9.17, 15) is 29.2 Å². The molecule has 226 valence electrons. The van der Waals surface area contributed by atoms with Gasteiger partial charge in [0.15, 0.2) is 0 Å². The predicted molar refractivity (Wildman–Crippen MR) is 150 cm³/mol. The van der Waals surface area contributed by atoms with Crippen LogP contribution in [0.4, 0.5) is 0 Å². The van der Waals surface area contributed by atoms with E-state index in [-0.39, 0.29) is 37.1 Å². The van der Waals surface area contributed by atoms with Crippen LogP contribution >= 0.6 is 0 Å². The van der Waals surface area contributed by atoms with Gasteiger partial charge in [-0.15, -0.1) is 0 Å². The summed E-state index contributed by atoms with van der Waals surface area (Å²) in [5.74, 6) is -1.16. The first-order valence-electron chi connectivity index (χ1n) is 14.4. The zero-order valence-electron chi connectivity index (χ0n) is 24.1. The van der Waals surface area contributed by atoms with Gasteiger partial charge in [0.05, 0.1) is 7.11 Å². The van der Waals surface area contributed by atoms with Gasteiger partial charge in [-0.1, -0.05) is 45.2 Å². The van der Waals surface area contributed by atoms with E-state index in [4.69, 9.17) is 4.74 Å². The number of ether oxygens (including phenoxy) is 1. The Morgan fingerprint density at radius 1 is 1.02 bits per heavy atom. The van der Waals surface area contributed by atoms with Gasteiger partial charge in [0.1, 0.15) is 29.9 Å². The van der Waals surface area contributed by atoms with Crippen molar-refractivity contribution >= 4 is 30.0 Å². The molecule has 0 aromatic heterocycles. The summed E-state index contributed by atoms with van der Waals surface area (Å²) in [5.41, 5.74) is 0.786. The molecule has 0 radical (unpaired) electrons. The Bertz CT molecular complexity index is 1070. The molecule has 3 rings (SSSR count). The number of hydroxylamine groups is 2. The maximum Gasteiger partial charge on any atom is 0.246 e. The molecule has 0 saturated carbocycles. The van der Waals surface area contributed by atoms with Crippen molar-refractivity contribution < 1.29 is 33.9 Å². The van der Waals surface area contributed by atoms with Crippen LogP contribution in [0.2, 0.25) is 0 Å². The summed E-state index contributed by atoms with van der Waals surface area (Å²) in [6, 6.07) is 3.70. The Balaban J connectivity index is 1.88. The molecule has 41 heavy (non-hydrogen) atoms. The second-order valence-corrected chi connectivity index (χ2v) is 10.9. The Kier molecular flexibility index (Phi) is 11.9. The van der Waals surface area contributed by atoms with Crippen molar-refractivity contribution in [3.63, 3.8) is 0 Å². The molecular weight excluding hydrogens is 530 g/mol. The topological polar surface area (TPSA) is 157 Å². The summed E-state index contributed by atoms with van der Waals surface area (Å²) in [6.45, 7) is 4.39. The molecule has 4 N–H and O–H groups in total. The van der Waals surface area contributed by atoms with Crippen LogP contribution in [0, 0.1) is 5.92 Å². The fourth-order valence-corrected chi connectivity index (χ4v) is 5.29. The molecule has 2 aliphatic heterocycles. The number of unbranched alkanes of at least 4 members (excludes halogenated alkanes) is 2. The highest BCUT2D eigenvalue weighted by Crippen LogP contribution is 2.23. The predicted octanol–water partition coefficient (Wildman–Crippen LogP) is 1.15. The number of carbonyl (C=O) groups excluding carboxylic acids is 5. The van der Waals surface area contributed by atoms with Crippen LogP contribution in [0.5, 0.6) is 5.75 Å². The van der Waals surface area contributed by atoms with Crippen molar-refractivity contribution in [1.29, 1.82) is 0 Å². The van der Waals surface area contributed by atoms with Crippen LogP contribution in [0.3, 0.4) is 0 Å². The SMILES string of the molecule is CC[C@@H](C)[C@@H]1NC(=O)[C@@H](Cc2ccc(OC)cc2)NC(=O)[C@H](CCCCCN(O)C=O)NC(=O)[C@@H]2CCCN2C1=O. The summed E-state index contributed by atoms with van der Waals surface area (Å²) in [5, 5.41) is 18.5. The lowest BCUT2D eigenvalue weighted by Gasteiger charge is -2.34. The van der Waals surface area contributed by atoms with Crippen LogP contribution in [0.15, 0.2) is 24.3 Å². The third kappa shape index (κ3) is 8.66. The number of hydrogen-bond acceptors (Lipinski definition) is 7. The van der Waals surface area contributed by atoms with Crippen LogP contribution < -0.4 is 20.7 Å². The smallest absolute Gasteiger partial charge is 0.246 e. The van der Waals surface area contributed by atoms with E-state index in [2.05, 4.69) is 16.0 Å². The van der Waals surface area contributed by atoms with Crippen molar-refractivity contribution in [2.75, 3.05) is 20.2 Å². The summed E-state index contributed by atoms with van der Waals surface area (Å²) in [7, 11) is 1.56. The Morgan fingerprint density at radius 2 is 1.71 bits per heavy atom. The summed E-state index contributed by atoms with van der Waals surface area (Å²) in [6.07, 6.45) is 4.21. The quantitative estimate of drug-likeness (QED) is 0.126. The van der Waals surface area contributed by atoms with E-state index in [1.54, 1.807) is 19.2 Å². The molecule has 0 spiro atoms. The van der Waals surface area contributed by atoms with Crippen LogP contribution in [-0.2, 0) is 30.4 Å². The fraction of sp³-hybridized carbons (Fsp3) is 0.621. The number of carbonyl (C=O) groups is 5. The maximum absolute atomic E-state index is 13.7. The summed E-state index contributed by atoms with van der Waals surface area (Å²) < 4.78 is 5.22. The highest BCUT2D eigenvalue weighted by atomic mass is 16.5. The Hall–Kier alpha value is -3.67. The highest BCUT2D eigenvalue weighted by Gasteiger charge is 2.41. The first kappa shape index (κ1) is 31.9. The van der Waals surface area contributed by atoms with Crippen molar-refractivity contribution in [3.05, 3.63) is 29.8 Å². The lowest BCUT2D eigenvalue weighted by Crippen LogP contribution is -2.62. The average molecular weight is 574 g/mol. The van der Waals surface area contributed by atoms with Gasteiger partial charge in [-0.05, 0) is 49.3 Å². The molecule has 5 amide bonds. The highest BCUT2D eigenvalue weighted by molar-refractivity contribution is 5.98. The third-order valence-corrected chi connectivity index (χ3v) is 7.98. The Morgan fingerprint density at radius 3 is 2.37 bits per heavy atom. The molecule has 12 nitrogen and oxygen atoms in total. The van der Waals surface area contributed by atoms with E-state index >= 15 is 0 Å². The number of rotatable bonds is 12. The van der Waals surface area contributed by atoms with E-state index in [0.717, 1.165) is 5.56 Å². The third-order valence-electron chi connectivity index (χ3n) is 7.98. The standard InChI is InChI=1S/C29H43N5O7/c1-4-19(2)25-29(39)34-16-8-10-24(34)28(38)30-22(9-6-5-7-15-33(40)18-35)26(36)31-23(27(37)32-25)17-20-11-13-21(41-3)14-12-20/h11-14,18-19,22-25,40H,4-10,15-17H2,1-3H3,(H,30,38)(H,31,36)(H,32,37)/t19-,22+,23-,24+,25+/m1/s1. The Labute approximate surface area is 241 Å². The van der Waals surface area contributed by atoms with Crippen molar-refractivity contribution in [1.82, 2.24) is 25.9 Å². The molecule has 0 bridgehead atoms. The molecule has 2 heterocycles. The van der Waals surface area contributed by atoms with Gasteiger partial charge in [0.2, 0.25) is 30.0 Å². The monoisotopic (exact) mass is 573 g/mol. The first-order chi connectivity index (χ1) is 19.7. The zero-order valence-corrected chi connectivity index (χ0v) is 24.1. The minimum Gasteiger partial charge on any atom is -0.497 e. The minimum absolute atomic E-state index is 0.160. The van der Waals surface area contributed by atoms with Crippen LogP contribution in [0.25, 0.3) is 0 Å². The second kappa shape index (κ2) is 15.4. The van der Waals surface area contributed by atoms with Gasteiger partial charge in [-0.2, -0.15) is 0 Å². The van der Waals surface area contributed by atoms with Crippen molar-refractivity contribution in [2.24, 2.45) is 5.92 Å². The van der Waals surface area contributed by atoms with Gasteiger partial charge in [-0.3, -0.25) is 29.2 Å². The van der Waals surface area contributed by atoms with E-state index in [1.807, 2.05) is 26.0 Å². The molecule has 1 aromatic carbocycles. The lowest BCUT2D eigenvalue weighted by atomic mass is 9.95. The average Bonchev–Trinajstić information content (AvgIpc) is 3.48. The molecule has 1 aromatic rings. The second-order valence-electron chi connectivity index (χ2n) is 10.9.